The van der Waals surface area contributed by atoms with Crippen LogP contribution in [0.3, 0.4) is 0 Å². The second kappa shape index (κ2) is 5.01. The first-order chi connectivity index (χ1) is 7.81. The lowest BCUT2D eigenvalue weighted by molar-refractivity contribution is 0.502. The van der Waals surface area contributed by atoms with Crippen LogP contribution in [0.25, 0.3) is 0 Å². The van der Waals surface area contributed by atoms with Crippen LogP contribution in [0.2, 0.25) is 0 Å². The van der Waals surface area contributed by atoms with Crippen molar-refractivity contribution in [3.05, 3.63) is 35.9 Å². The van der Waals surface area contributed by atoms with Crippen LogP contribution in [0.5, 0.6) is 0 Å². The molecular formula is C13H19N3. The van der Waals surface area contributed by atoms with E-state index < -0.39 is 0 Å². The summed E-state index contributed by atoms with van der Waals surface area (Å²) in [7, 11) is 0. The third-order valence-corrected chi connectivity index (χ3v) is 3.10. The molecule has 0 bridgehead atoms. The van der Waals surface area contributed by atoms with Crippen molar-refractivity contribution >= 4 is 5.96 Å². The summed E-state index contributed by atoms with van der Waals surface area (Å²) in [4.78, 5) is 6.44. The van der Waals surface area contributed by atoms with Crippen molar-refractivity contribution in [3.8, 4) is 0 Å². The molecule has 3 heteroatoms. The second-order valence-electron chi connectivity index (χ2n) is 4.17. The Morgan fingerprint density at radius 3 is 2.88 bits per heavy atom. The summed E-state index contributed by atoms with van der Waals surface area (Å²) < 4.78 is 0. The molecule has 1 aliphatic rings. The Labute approximate surface area is 97.0 Å². The van der Waals surface area contributed by atoms with Crippen molar-refractivity contribution in [3.63, 3.8) is 0 Å². The first kappa shape index (κ1) is 11.0. The van der Waals surface area contributed by atoms with Crippen LogP contribution in [0, 0.1) is 0 Å². The molecule has 0 saturated carbocycles. The molecule has 3 nitrogen and oxygen atoms in total. The topological polar surface area (TPSA) is 41.6 Å². The fraction of sp³-hybridized carbons (Fsp3) is 0.462. The quantitative estimate of drug-likeness (QED) is 0.606. The Morgan fingerprint density at radius 1 is 1.44 bits per heavy atom. The highest BCUT2D eigenvalue weighted by Gasteiger charge is 2.24. The van der Waals surface area contributed by atoms with Gasteiger partial charge in [0.1, 0.15) is 0 Å². The van der Waals surface area contributed by atoms with Gasteiger partial charge in [-0.1, -0.05) is 30.3 Å². The second-order valence-corrected chi connectivity index (χ2v) is 4.17. The minimum atomic E-state index is 0.604. The number of hydrogen-bond acceptors (Lipinski definition) is 1. The molecule has 1 unspecified atom stereocenters. The molecule has 0 aliphatic carbocycles. The molecule has 0 radical (unpaired) electrons. The van der Waals surface area contributed by atoms with E-state index in [-0.39, 0.29) is 0 Å². The lowest BCUT2D eigenvalue weighted by Gasteiger charge is -2.17. The van der Waals surface area contributed by atoms with E-state index in [0.717, 1.165) is 19.6 Å². The summed E-state index contributed by atoms with van der Waals surface area (Å²) in [5.74, 6) is 1.30. The standard InChI is InChI=1S/C13H19N3/c1-2-15-13(14)16-9-8-12(10-16)11-6-4-3-5-7-11/h3-7,12H,2,8-10H2,1H3,(H2,14,15). The van der Waals surface area contributed by atoms with Crippen molar-refractivity contribution in [2.45, 2.75) is 19.3 Å². The minimum absolute atomic E-state index is 0.604. The zero-order valence-electron chi connectivity index (χ0n) is 9.76. The van der Waals surface area contributed by atoms with Gasteiger partial charge >= 0.3 is 0 Å². The third-order valence-electron chi connectivity index (χ3n) is 3.10. The van der Waals surface area contributed by atoms with Crippen LogP contribution in [0.4, 0.5) is 0 Å². The van der Waals surface area contributed by atoms with Crippen LogP contribution in [-0.2, 0) is 0 Å². The zero-order valence-corrected chi connectivity index (χ0v) is 9.76. The Balaban J connectivity index is 2.01. The first-order valence-corrected chi connectivity index (χ1v) is 5.91. The number of aliphatic imine (C=N–C) groups is 1. The van der Waals surface area contributed by atoms with Crippen molar-refractivity contribution in [2.24, 2.45) is 10.7 Å². The number of benzene rings is 1. The monoisotopic (exact) mass is 217 g/mol. The maximum absolute atomic E-state index is 5.91. The predicted molar refractivity (Wildman–Crippen MR) is 67.5 cm³/mol. The fourth-order valence-corrected chi connectivity index (χ4v) is 2.23. The summed E-state index contributed by atoms with van der Waals surface area (Å²) in [6, 6.07) is 10.6. The fourth-order valence-electron chi connectivity index (χ4n) is 2.23. The first-order valence-electron chi connectivity index (χ1n) is 5.91. The number of hydrogen-bond donors (Lipinski definition) is 1. The molecule has 0 amide bonds. The lowest BCUT2D eigenvalue weighted by atomic mass is 9.99. The SMILES string of the molecule is CCN=C(N)N1CCC(c2ccccc2)C1. The van der Waals surface area contributed by atoms with E-state index >= 15 is 0 Å². The molecule has 2 rings (SSSR count). The van der Waals surface area contributed by atoms with Gasteiger partial charge in [-0.2, -0.15) is 0 Å². The Kier molecular flexibility index (Phi) is 3.44. The van der Waals surface area contributed by atoms with Gasteiger partial charge in [0.25, 0.3) is 0 Å². The van der Waals surface area contributed by atoms with Gasteiger partial charge < -0.3 is 10.6 Å². The number of nitrogens with zero attached hydrogens (tertiary/aromatic N) is 2. The zero-order chi connectivity index (χ0) is 11.4. The van der Waals surface area contributed by atoms with Gasteiger partial charge in [-0.3, -0.25) is 4.99 Å². The summed E-state index contributed by atoms with van der Waals surface area (Å²) in [6.45, 7) is 4.80. The van der Waals surface area contributed by atoms with Gasteiger partial charge in [0.05, 0.1) is 0 Å². The van der Waals surface area contributed by atoms with Gasteiger partial charge in [0.15, 0.2) is 5.96 Å². The highest BCUT2D eigenvalue weighted by atomic mass is 15.3. The van der Waals surface area contributed by atoms with Gasteiger partial charge in [-0.15, -0.1) is 0 Å². The maximum atomic E-state index is 5.91. The number of likely N-dealkylation sites (tertiary alicyclic amines) is 1. The van der Waals surface area contributed by atoms with E-state index in [2.05, 4.69) is 40.2 Å². The van der Waals surface area contributed by atoms with E-state index in [1.54, 1.807) is 0 Å². The number of rotatable bonds is 2. The van der Waals surface area contributed by atoms with Crippen molar-refractivity contribution < 1.29 is 0 Å². The highest BCUT2D eigenvalue weighted by molar-refractivity contribution is 5.78. The summed E-state index contributed by atoms with van der Waals surface area (Å²) in [6.07, 6.45) is 1.17. The molecule has 86 valence electrons. The van der Waals surface area contributed by atoms with Crippen molar-refractivity contribution in [2.75, 3.05) is 19.6 Å². The van der Waals surface area contributed by atoms with Crippen molar-refractivity contribution in [1.82, 2.24) is 4.90 Å². The van der Waals surface area contributed by atoms with E-state index in [1.165, 1.54) is 12.0 Å². The molecule has 1 heterocycles. The molecule has 1 aromatic rings. The smallest absolute Gasteiger partial charge is 0.191 e. The molecule has 1 aliphatic heterocycles. The van der Waals surface area contributed by atoms with Gasteiger partial charge in [0.2, 0.25) is 0 Å². The summed E-state index contributed by atoms with van der Waals surface area (Å²) in [5, 5.41) is 0. The average molecular weight is 217 g/mol. The van der Waals surface area contributed by atoms with E-state index in [4.69, 9.17) is 5.73 Å². The average Bonchev–Trinajstić information content (AvgIpc) is 2.80. The van der Waals surface area contributed by atoms with Crippen LogP contribution in [0.15, 0.2) is 35.3 Å². The van der Waals surface area contributed by atoms with Crippen LogP contribution < -0.4 is 5.73 Å². The molecular weight excluding hydrogens is 198 g/mol. The lowest BCUT2D eigenvalue weighted by Crippen LogP contribution is -2.35. The molecule has 16 heavy (non-hydrogen) atoms. The summed E-state index contributed by atoms with van der Waals surface area (Å²) >= 11 is 0. The Bertz CT molecular complexity index is 359. The minimum Gasteiger partial charge on any atom is -0.370 e. The molecule has 1 saturated heterocycles. The molecule has 2 N–H and O–H groups in total. The van der Waals surface area contributed by atoms with Gasteiger partial charge in [0, 0.05) is 25.6 Å². The normalized spacial score (nSPS) is 21.4. The predicted octanol–water partition coefficient (Wildman–Crippen LogP) is 1.81. The van der Waals surface area contributed by atoms with E-state index in [9.17, 15) is 0 Å². The van der Waals surface area contributed by atoms with Crippen LogP contribution in [0.1, 0.15) is 24.8 Å². The Morgan fingerprint density at radius 2 is 2.19 bits per heavy atom. The van der Waals surface area contributed by atoms with E-state index in [0.29, 0.717) is 11.9 Å². The molecule has 1 atom stereocenters. The van der Waals surface area contributed by atoms with E-state index in [1.807, 2.05) is 6.92 Å². The number of guanidine groups is 1. The number of nitrogens with two attached hydrogens (primary N) is 1. The third kappa shape index (κ3) is 2.35. The highest BCUT2D eigenvalue weighted by Crippen LogP contribution is 2.26. The molecule has 0 spiro atoms. The molecule has 0 aromatic heterocycles. The van der Waals surface area contributed by atoms with Gasteiger partial charge in [-0.25, -0.2) is 0 Å². The molecule has 1 fully saturated rings. The van der Waals surface area contributed by atoms with Gasteiger partial charge in [-0.05, 0) is 18.9 Å². The maximum Gasteiger partial charge on any atom is 0.191 e. The van der Waals surface area contributed by atoms with Crippen molar-refractivity contribution in [1.29, 1.82) is 0 Å². The van der Waals surface area contributed by atoms with Crippen LogP contribution >= 0.6 is 0 Å². The largest absolute Gasteiger partial charge is 0.370 e. The van der Waals surface area contributed by atoms with Crippen LogP contribution in [-0.4, -0.2) is 30.5 Å². The Hall–Kier alpha value is -1.51. The molecule has 1 aromatic carbocycles. The summed E-state index contributed by atoms with van der Waals surface area (Å²) in [5.41, 5.74) is 7.32.